The summed E-state index contributed by atoms with van der Waals surface area (Å²) >= 11 is 9.31. The van der Waals surface area contributed by atoms with Crippen LogP contribution in [0, 0.1) is 11.6 Å². The van der Waals surface area contributed by atoms with Gasteiger partial charge in [-0.1, -0.05) is 33.6 Å². The number of nitrogens with one attached hydrogen (secondary N) is 1. The Kier molecular flexibility index (Phi) is 4.55. The Morgan fingerprint density at radius 3 is 2.53 bits per heavy atom. The van der Waals surface area contributed by atoms with Gasteiger partial charge in [0.25, 0.3) is 0 Å². The maximum atomic E-state index is 13.9. The molecule has 0 amide bonds. The summed E-state index contributed by atoms with van der Waals surface area (Å²) in [5, 5.41) is 3.16. The standard InChI is InChI=1S/C14H11BrClF2N/c1-19-14(9-7-8(15)5-6-11(9)17)13-10(16)3-2-4-12(13)18/h2-7,14,19H,1H3. The van der Waals surface area contributed by atoms with E-state index >= 15 is 0 Å². The first-order valence-electron chi connectivity index (χ1n) is 5.60. The van der Waals surface area contributed by atoms with Gasteiger partial charge in [0.2, 0.25) is 0 Å². The molecule has 1 unspecified atom stereocenters. The van der Waals surface area contributed by atoms with E-state index in [0.717, 1.165) is 4.47 Å². The van der Waals surface area contributed by atoms with Crippen molar-refractivity contribution in [1.29, 1.82) is 0 Å². The van der Waals surface area contributed by atoms with E-state index in [4.69, 9.17) is 11.6 Å². The SMILES string of the molecule is CNC(c1cc(Br)ccc1F)c1c(F)cccc1Cl. The van der Waals surface area contributed by atoms with Gasteiger partial charge in [-0.05, 0) is 37.4 Å². The lowest BCUT2D eigenvalue weighted by molar-refractivity contribution is 0.547. The minimum atomic E-state index is -0.647. The molecular formula is C14H11BrClF2N. The molecule has 19 heavy (non-hydrogen) atoms. The van der Waals surface area contributed by atoms with Gasteiger partial charge in [-0.2, -0.15) is 0 Å². The summed E-state index contributed by atoms with van der Waals surface area (Å²) in [4.78, 5) is 0. The molecule has 2 rings (SSSR count). The molecule has 0 radical (unpaired) electrons. The van der Waals surface area contributed by atoms with E-state index in [2.05, 4.69) is 21.2 Å². The molecule has 0 aliphatic carbocycles. The first-order chi connectivity index (χ1) is 9.04. The number of hydrogen-bond acceptors (Lipinski definition) is 1. The van der Waals surface area contributed by atoms with Crippen LogP contribution in [0.2, 0.25) is 5.02 Å². The van der Waals surface area contributed by atoms with Crippen LogP contribution in [-0.2, 0) is 0 Å². The predicted octanol–water partition coefficient (Wildman–Crippen LogP) is 4.69. The summed E-state index contributed by atoms with van der Waals surface area (Å²) < 4.78 is 28.6. The fourth-order valence-electron chi connectivity index (χ4n) is 1.98. The van der Waals surface area contributed by atoms with E-state index in [0.29, 0.717) is 5.56 Å². The van der Waals surface area contributed by atoms with Crippen LogP contribution < -0.4 is 5.32 Å². The highest BCUT2D eigenvalue weighted by Crippen LogP contribution is 2.32. The molecule has 0 saturated heterocycles. The Hall–Kier alpha value is -0.970. The molecular weight excluding hydrogens is 336 g/mol. The summed E-state index contributed by atoms with van der Waals surface area (Å²) in [5.74, 6) is -0.881. The second-order valence-corrected chi connectivity index (χ2v) is 5.35. The van der Waals surface area contributed by atoms with Gasteiger partial charge in [0.05, 0.1) is 6.04 Å². The molecule has 1 atom stereocenters. The summed E-state index contributed by atoms with van der Waals surface area (Å²) in [6.07, 6.45) is 0. The average Bonchev–Trinajstić information content (AvgIpc) is 2.37. The van der Waals surface area contributed by atoms with E-state index in [9.17, 15) is 8.78 Å². The minimum Gasteiger partial charge on any atom is -0.309 e. The summed E-state index contributed by atoms with van der Waals surface area (Å²) in [6, 6.07) is 8.30. The Labute approximate surface area is 123 Å². The third kappa shape index (κ3) is 2.96. The van der Waals surface area contributed by atoms with Gasteiger partial charge in [-0.15, -0.1) is 0 Å². The van der Waals surface area contributed by atoms with Crippen molar-refractivity contribution in [3.05, 3.63) is 68.7 Å². The first kappa shape index (κ1) is 14.4. The number of halogens is 4. The van der Waals surface area contributed by atoms with Gasteiger partial charge >= 0.3 is 0 Å². The van der Waals surface area contributed by atoms with Crippen LogP contribution in [0.25, 0.3) is 0 Å². The lowest BCUT2D eigenvalue weighted by Crippen LogP contribution is -2.20. The van der Waals surface area contributed by atoms with Crippen LogP contribution in [0.4, 0.5) is 8.78 Å². The Balaban J connectivity index is 2.59. The van der Waals surface area contributed by atoms with Crippen LogP contribution >= 0.6 is 27.5 Å². The molecule has 5 heteroatoms. The topological polar surface area (TPSA) is 12.0 Å². The molecule has 0 saturated carbocycles. The minimum absolute atomic E-state index is 0.240. The van der Waals surface area contributed by atoms with Crippen molar-refractivity contribution in [2.75, 3.05) is 7.05 Å². The predicted molar refractivity (Wildman–Crippen MR) is 76.4 cm³/mol. The van der Waals surface area contributed by atoms with Gasteiger partial charge in [0.15, 0.2) is 0 Å². The van der Waals surface area contributed by atoms with Crippen molar-refractivity contribution < 1.29 is 8.78 Å². The van der Waals surface area contributed by atoms with Crippen LogP contribution in [-0.4, -0.2) is 7.05 Å². The van der Waals surface area contributed by atoms with E-state index in [1.807, 2.05) is 0 Å². The summed E-state index contributed by atoms with van der Waals surface area (Å²) in [7, 11) is 1.63. The fourth-order valence-corrected chi connectivity index (χ4v) is 2.63. The number of benzene rings is 2. The molecule has 0 spiro atoms. The van der Waals surface area contributed by atoms with Crippen molar-refractivity contribution in [2.45, 2.75) is 6.04 Å². The molecule has 2 aromatic carbocycles. The quantitative estimate of drug-likeness (QED) is 0.850. The smallest absolute Gasteiger partial charge is 0.129 e. The van der Waals surface area contributed by atoms with Crippen LogP contribution in [0.15, 0.2) is 40.9 Å². The molecule has 0 aliphatic rings. The second-order valence-electron chi connectivity index (χ2n) is 4.02. The maximum absolute atomic E-state index is 13.9. The normalized spacial score (nSPS) is 12.5. The van der Waals surface area contributed by atoms with Gasteiger partial charge < -0.3 is 5.32 Å². The summed E-state index contributed by atoms with van der Waals surface area (Å²) in [6.45, 7) is 0. The number of rotatable bonds is 3. The van der Waals surface area contributed by atoms with Gasteiger partial charge in [-0.3, -0.25) is 0 Å². The summed E-state index contributed by atoms with van der Waals surface area (Å²) in [5.41, 5.74) is 0.576. The third-order valence-corrected chi connectivity index (χ3v) is 3.67. The van der Waals surface area contributed by atoms with Crippen molar-refractivity contribution in [3.63, 3.8) is 0 Å². The molecule has 0 heterocycles. The van der Waals surface area contributed by atoms with Crippen LogP contribution in [0.3, 0.4) is 0 Å². The first-order valence-corrected chi connectivity index (χ1v) is 6.77. The van der Waals surface area contributed by atoms with Gasteiger partial charge in [0, 0.05) is 20.6 Å². The van der Waals surface area contributed by atoms with Crippen molar-refractivity contribution in [1.82, 2.24) is 5.32 Å². The molecule has 1 N–H and O–H groups in total. The zero-order chi connectivity index (χ0) is 14.0. The van der Waals surface area contributed by atoms with E-state index < -0.39 is 17.7 Å². The van der Waals surface area contributed by atoms with Crippen molar-refractivity contribution >= 4 is 27.5 Å². The number of hydrogen-bond donors (Lipinski definition) is 1. The highest BCUT2D eigenvalue weighted by atomic mass is 79.9. The highest BCUT2D eigenvalue weighted by Gasteiger charge is 2.22. The lowest BCUT2D eigenvalue weighted by atomic mass is 9.98. The monoisotopic (exact) mass is 345 g/mol. The zero-order valence-electron chi connectivity index (χ0n) is 10.1. The molecule has 0 aliphatic heterocycles. The average molecular weight is 347 g/mol. The fraction of sp³-hybridized carbons (Fsp3) is 0.143. The Morgan fingerprint density at radius 2 is 1.89 bits per heavy atom. The van der Waals surface area contributed by atoms with Crippen LogP contribution in [0.1, 0.15) is 17.2 Å². The molecule has 100 valence electrons. The molecule has 0 aromatic heterocycles. The largest absolute Gasteiger partial charge is 0.309 e. The Bertz CT molecular complexity index is 584. The third-order valence-electron chi connectivity index (χ3n) is 2.85. The van der Waals surface area contributed by atoms with E-state index in [1.54, 1.807) is 25.2 Å². The molecule has 2 aromatic rings. The maximum Gasteiger partial charge on any atom is 0.129 e. The molecule has 0 bridgehead atoms. The highest BCUT2D eigenvalue weighted by molar-refractivity contribution is 9.10. The van der Waals surface area contributed by atoms with Gasteiger partial charge in [-0.25, -0.2) is 8.78 Å². The lowest BCUT2D eigenvalue weighted by Gasteiger charge is -2.20. The van der Waals surface area contributed by atoms with Crippen molar-refractivity contribution in [2.24, 2.45) is 0 Å². The molecule has 1 nitrogen and oxygen atoms in total. The van der Waals surface area contributed by atoms with Crippen LogP contribution in [0.5, 0.6) is 0 Å². The van der Waals surface area contributed by atoms with E-state index in [-0.39, 0.29) is 10.6 Å². The second kappa shape index (κ2) is 5.99. The van der Waals surface area contributed by atoms with Gasteiger partial charge in [0.1, 0.15) is 11.6 Å². The van der Waals surface area contributed by atoms with E-state index in [1.165, 1.54) is 18.2 Å². The zero-order valence-corrected chi connectivity index (χ0v) is 12.4. The molecule has 0 fully saturated rings. The van der Waals surface area contributed by atoms with Crippen molar-refractivity contribution in [3.8, 4) is 0 Å². The Morgan fingerprint density at radius 1 is 1.16 bits per heavy atom.